The highest BCUT2D eigenvalue weighted by molar-refractivity contribution is 6.25. The molecule has 2 aromatic carbocycles. The van der Waals surface area contributed by atoms with Crippen molar-refractivity contribution < 1.29 is 9.59 Å². The topological polar surface area (TPSA) is 61.2 Å². The highest BCUT2D eigenvalue weighted by Crippen LogP contribution is 2.31. The summed E-state index contributed by atoms with van der Waals surface area (Å²) in [5, 5.41) is 10.4. The minimum absolute atomic E-state index is 0.273. The standard InChI is InChI=1S/C16H12N2O2/c1-2-8-18-15(19)12-5-3-4-11-10(9-17)6-7-13(14(11)12)16(18)20/h3-7H,2,8H2,1H3. The van der Waals surface area contributed by atoms with Gasteiger partial charge in [0.05, 0.1) is 11.6 Å². The van der Waals surface area contributed by atoms with Crippen LogP contribution in [-0.2, 0) is 0 Å². The van der Waals surface area contributed by atoms with Crippen molar-refractivity contribution in [3.63, 3.8) is 0 Å². The lowest BCUT2D eigenvalue weighted by molar-refractivity contribution is 0.0610. The minimum atomic E-state index is -0.273. The Morgan fingerprint density at radius 1 is 1.10 bits per heavy atom. The highest BCUT2D eigenvalue weighted by atomic mass is 16.2. The number of benzene rings is 2. The molecule has 0 unspecified atom stereocenters. The quantitative estimate of drug-likeness (QED) is 0.783. The van der Waals surface area contributed by atoms with Crippen LogP contribution in [0.2, 0.25) is 0 Å². The molecule has 4 nitrogen and oxygen atoms in total. The molecule has 0 fully saturated rings. The van der Waals surface area contributed by atoms with E-state index in [4.69, 9.17) is 5.26 Å². The van der Waals surface area contributed by atoms with Crippen molar-refractivity contribution in [1.29, 1.82) is 5.26 Å². The van der Waals surface area contributed by atoms with E-state index in [-0.39, 0.29) is 11.8 Å². The average Bonchev–Trinajstić information content (AvgIpc) is 2.48. The fourth-order valence-corrected chi connectivity index (χ4v) is 2.67. The molecule has 1 aliphatic heterocycles. The summed E-state index contributed by atoms with van der Waals surface area (Å²) in [5.41, 5.74) is 1.49. The SMILES string of the molecule is CCCN1C(=O)c2cccc3c(C#N)ccc(c23)C1=O. The number of carbonyl (C=O) groups is 2. The second-order valence-electron chi connectivity index (χ2n) is 4.76. The Kier molecular flexibility index (Phi) is 2.76. The van der Waals surface area contributed by atoms with Crippen molar-refractivity contribution in [2.75, 3.05) is 6.54 Å². The first kappa shape index (κ1) is 12.4. The van der Waals surface area contributed by atoms with Crippen LogP contribution in [0.5, 0.6) is 0 Å². The third-order valence-electron chi connectivity index (χ3n) is 3.56. The fraction of sp³-hybridized carbons (Fsp3) is 0.188. The molecule has 0 aliphatic carbocycles. The van der Waals surface area contributed by atoms with Crippen molar-refractivity contribution in [2.24, 2.45) is 0 Å². The van der Waals surface area contributed by atoms with Crippen LogP contribution in [0.1, 0.15) is 39.6 Å². The van der Waals surface area contributed by atoms with E-state index in [1.807, 2.05) is 6.92 Å². The van der Waals surface area contributed by atoms with Crippen molar-refractivity contribution in [3.8, 4) is 6.07 Å². The van der Waals surface area contributed by atoms with E-state index < -0.39 is 0 Å². The Labute approximate surface area is 116 Å². The molecule has 0 N–H and O–H groups in total. The molecule has 1 heterocycles. The summed E-state index contributed by atoms with van der Waals surface area (Å²) in [5.74, 6) is -0.546. The normalized spacial score (nSPS) is 13.7. The maximum absolute atomic E-state index is 12.4. The first-order valence-electron chi connectivity index (χ1n) is 6.51. The average molecular weight is 264 g/mol. The number of hydrogen-bond acceptors (Lipinski definition) is 3. The number of imide groups is 1. The lowest BCUT2D eigenvalue weighted by Gasteiger charge is -2.27. The monoisotopic (exact) mass is 264 g/mol. The Hall–Kier alpha value is -2.67. The smallest absolute Gasteiger partial charge is 0.261 e. The second-order valence-corrected chi connectivity index (χ2v) is 4.76. The number of carbonyl (C=O) groups excluding carboxylic acids is 2. The van der Waals surface area contributed by atoms with Crippen molar-refractivity contribution in [2.45, 2.75) is 13.3 Å². The van der Waals surface area contributed by atoms with Crippen LogP contribution in [0.3, 0.4) is 0 Å². The number of nitriles is 1. The zero-order chi connectivity index (χ0) is 14.3. The summed E-state index contributed by atoms with van der Waals surface area (Å²) in [4.78, 5) is 26.1. The van der Waals surface area contributed by atoms with Gasteiger partial charge in [0, 0.05) is 28.4 Å². The van der Waals surface area contributed by atoms with E-state index in [1.165, 1.54) is 4.90 Å². The molecule has 0 atom stereocenters. The molecule has 0 radical (unpaired) electrons. The lowest BCUT2D eigenvalue weighted by Crippen LogP contribution is -2.40. The molecule has 1 aliphatic rings. The van der Waals surface area contributed by atoms with Gasteiger partial charge in [-0.05, 0) is 24.6 Å². The molecule has 0 saturated heterocycles. The first-order chi connectivity index (χ1) is 9.69. The van der Waals surface area contributed by atoms with E-state index in [1.54, 1.807) is 30.3 Å². The number of amides is 2. The van der Waals surface area contributed by atoms with Gasteiger partial charge in [0.25, 0.3) is 11.8 Å². The summed E-state index contributed by atoms with van der Waals surface area (Å²) in [7, 11) is 0. The Bertz CT molecular complexity index is 765. The van der Waals surface area contributed by atoms with E-state index in [2.05, 4.69) is 6.07 Å². The van der Waals surface area contributed by atoms with Crippen LogP contribution in [0.25, 0.3) is 10.8 Å². The van der Waals surface area contributed by atoms with Gasteiger partial charge in [-0.2, -0.15) is 5.26 Å². The summed E-state index contributed by atoms with van der Waals surface area (Å²) < 4.78 is 0. The van der Waals surface area contributed by atoms with Gasteiger partial charge in [0.2, 0.25) is 0 Å². The third-order valence-corrected chi connectivity index (χ3v) is 3.56. The van der Waals surface area contributed by atoms with Crippen LogP contribution in [-0.4, -0.2) is 23.3 Å². The molecule has 2 amide bonds. The van der Waals surface area contributed by atoms with Crippen LogP contribution >= 0.6 is 0 Å². The van der Waals surface area contributed by atoms with Gasteiger partial charge in [-0.1, -0.05) is 19.1 Å². The first-order valence-corrected chi connectivity index (χ1v) is 6.51. The van der Waals surface area contributed by atoms with E-state index >= 15 is 0 Å². The molecule has 0 spiro atoms. The summed E-state index contributed by atoms with van der Waals surface area (Å²) in [6, 6.07) is 10.6. The van der Waals surface area contributed by atoms with Crippen LogP contribution in [0.4, 0.5) is 0 Å². The summed E-state index contributed by atoms with van der Waals surface area (Å²) in [6.45, 7) is 2.34. The van der Waals surface area contributed by atoms with Crippen LogP contribution in [0, 0.1) is 11.3 Å². The Balaban J connectivity index is 2.37. The van der Waals surface area contributed by atoms with E-state index in [0.29, 0.717) is 34.0 Å². The molecule has 0 saturated carbocycles. The molecule has 20 heavy (non-hydrogen) atoms. The summed E-state index contributed by atoms with van der Waals surface area (Å²) in [6.07, 6.45) is 0.721. The molecule has 98 valence electrons. The fourth-order valence-electron chi connectivity index (χ4n) is 2.67. The zero-order valence-corrected chi connectivity index (χ0v) is 11.0. The predicted octanol–water partition coefficient (Wildman–Crippen LogP) is 2.72. The molecular weight excluding hydrogens is 252 g/mol. The lowest BCUT2D eigenvalue weighted by atomic mass is 9.91. The molecule has 0 bridgehead atoms. The van der Waals surface area contributed by atoms with E-state index in [9.17, 15) is 9.59 Å². The molecule has 3 rings (SSSR count). The van der Waals surface area contributed by atoms with Gasteiger partial charge >= 0.3 is 0 Å². The molecular formula is C16H12N2O2. The molecule has 4 heteroatoms. The maximum atomic E-state index is 12.4. The van der Waals surface area contributed by atoms with E-state index in [0.717, 1.165) is 6.42 Å². The molecule has 0 aromatic heterocycles. The predicted molar refractivity (Wildman–Crippen MR) is 74.3 cm³/mol. The van der Waals surface area contributed by atoms with Crippen molar-refractivity contribution in [3.05, 3.63) is 47.0 Å². The van der Waals surface area contributed by atoms with Gasteiger partial charge in [0.15, 0.2) is 0 Å². The maximum Gasteiger partial charge on any atom is 0.261 e. The van der Waals surface area contributed by atoms with Gasteiger partial charge in [-0.15, -0.1) is 0 Å². The largest absolute Gasteiger partial charge is 0.274 e. The third kappa shape index (κ3) is 1.53. The van der Waals surface area contributed by atoms with Crippen LogP contribution in [0.15, 0.2) is 30.3 Å². The van der Waals surface area contributed by atoms with Gasteiger partial charge in [-0.3, -0.25) is 14.5 Å². The minimum Gasteiger partial charge on any atom is -0.274 e. The van der Waals surface area contributed by atoms with Crippen molar-refractivity contribution >= 4 is 22.6 Å². The highest BCUT2D eigenvalue weighted by Gasteiger charge is 2.32. The van der Waals surface area contributed by atoms with Gasteiger partial charge < -0.3 is 0 Å². The van der Waals surface area contributed by atoms with Crippen molar-refractivity contribution in [1.82, 2.24) is 4.90 Å². The van der Waals surface area contributed by atoms with Crippen LogP contribution < -0.4 is 0 Å². The Morgan fingerprint density at radius 2 is 1.80 bits per heavy atom. The van der Waals surface area contributed by atoms with Gasteiger partial charge in [-0.25, -0.2) is 0 Å². The second kappa shape index (κ2) is 4.46. The van der Waals surface area contributed by atoms with Gasteiger partial charge in [0.1, 0.15) is 0 Å². The molecule has 2 aromatic rings. The summed E-state index contributed by atoms with van der Waals surface area (Å²) >= 11 is 0. The Morgan fingerprint density at radius 3 is 2.45 bits per heavy atom. The number of nitrogens with zero attached hydrogens (tertiary/aromatic N) is 2. The number of hydrogen-bond donors (Lipinski definition) is 0. The number of rotatable bonds is 2. The zero-order valence-electron chi connectivity index (χ0n) is 11.0.